The zero-order valence-electron chi connectivity index (χ0n) is 27.1. The number of fused-ring (bicyclic) bond motifs is 8. The monoisotopic (exact) mass is 676 g/mol. The molecule has 8 heterocycles. The van der Waals surface area contributed by atoms with Gasteiger partial charge in [-0.2, -0.15) is 4.99 Å². The van der Waals surface area contributed by atoms with E-state index in [0.29, 0.717) is 0 Å². The van der Waals surface area contributed by atoms with Gasteiger partial charge in [0.25, 0.3) is 0 Å². The molecule has 1 aliphatic rings. The standard InChI is InChI=1S/C42H28N8S/c51-25-46-30-3-1-26(2-4-30)39-31-5-7-33(47-31)40(27-13-19-43-20-14-27)35-9-11-37(49-35)42(29-17-23-45-24-18-29)38-12-10-36(50-38)41(28-15-21-44-22-16-28)34-8-6-32(39)48-34/h1-24,47-50H. The van der Waals surface area contributed by atoms with E-state index in [0.717, 1.165) is 94.4 Å². The number of H-pyrrole nitrogens is 4. The molecule has 0 saturated carbocycles. The Bertz CT molecular complexity index is 2840. The quantitative estimate of drug-likeness (QED) is 0.148. The molecular formula is C42H28N8S. The molecule has 0 aliphatic carbocycles. The smallest absolute Gasteiger partial charge is 0.0739 e. The van der Waals surface area contributed by atoms with Crippen LogP contribution < -0.4 is 21.4 Å². The summed E-state index contributed by atoms with van der Waals surface area (Å²) >= 11 is 4.86. The number of hydrogen-bond acceptors (Lipinski definition) is 5. The summed E-state index contributed by atoms with van der Waals surface area (Å²) in [5.41, 5.74) is 12.8. The lowest BCUT2D eigenvalue weighted by atomic mass is 10.0. The summed E-state index contributed by atoms with van der Waals surface area (Å²) in [6.07, 6.45) is 10.9. The van der Waals surface area contributed by atoms with Gasteiger partial charge in [0.05, 0.1) is 10.8 Å². The molecule has 7 aromatic heterocycles. The summed E-state index contributed by atoms with van der Waals surface area (Å²) < 4.78 is 0. The van der Waals surface area contributed by atoms with Crippen molar-refractivity contribution in [1.82, 2.24) is 34.9 Å². The molecule has 0 saturated heterocycles. The van der Waals surface area contributed by atoms with E-state index in [-0.39, 0.29) is 0 Å². The minimum absolute atomic E-state index is 0.747. The van der Waals surface area contributed by atoms with E-state index in [1.165, 1.54) is 0 Å². The van der Waals surface area contributed by atoms with Crippen molar-refractivity contribution in [2.75, 3.05) is 0 Å². The van der Waals surface area contributed by atoms with Gasteiger partial charge in [0, 0.05) is 104 Å². The largest absolute Gasteiger partial charge is 0.354 e. The first-order valence-electron chi connectivity index (χ1n) is 16.4. The fourth-order valence-corrected chi connectivity index (χ4v) is 6.99. The predicted molar refractivity (Wildman–Crippen MR) is 202 cm³/mol. The van der Waals surface area contributed by atoms with Crippen LogP contribution in [-0.2, 0) is 0 Å². The third-order valence-electron chi connectivity index (χ3n) is 9.14. The Labute approximate surface area is 297 Å². The number of nitrogens with zero attached hydrogens (tertiary/aromatic N) is 4. The minimum atomic E-state index is 0.747. The van der Waals surface area contributed by atoms with Crippen LogP contribution in [0.3, 0.4) is 0 Å². The Morgan fingerprint density at radius 1 is 0.373 bits per heavy atom. The third kappa shape index (κ3) is 5.58. The summed E-state index contributed by atoms with van der Waals surface area (Å²) in [6, 6.07) is 37.3. The van der Waals surface area contributed by atoms with E-state index < -0.39 is 0 Å². The number of thiocarbonyl (C=S) groups is 1. The highest BCUT2D eigenvalue weighted by molar-refractivity contribution is 7.78. The molecule has 0 radical (unpaired) electrons. The zero-order valence-corrected chi connectivity index (χ0v) is 27.9. The van der Waals surface area contributed by atoms with Crippen molar-refractivity contribution in [2.24, 2.45) is 4.99 Å². The van der Waals surface area contributed by atoms with Crippen molar-refractivity contribution < 1.29 is 0 Å². The molecule has 0 spiro atoms. The third-order valence-corrected chi connectivity index (χ3v) is 9.23. The summed E-state index contributed by atoms with van der Waals surface area (Å²) in [6.45, 7) is 0. The van der Waals surface area contributed by atoms with Gasteiger partial charge in [-0.1, -0.05) is 12.1 Å². The van der Waals surface area contributed by atoms with Gasteiger partial charge in [0.15, 0.2) is 0 Å². The van der Waals surface area contributed by atoms with Crippen molar-refractivity contribution in [1.29, 1.82) is 0 Å². The van der Waals surface area contributed by atoms with Crippen LogP contribution in [0.25, 0.3) is 22.3 Å². The highest BCUT2D eigenvalue weighted by Gasteiger charge is 2.18. The van der Waals surface area contributed by atoms with Crippen LogP contribution in [0.2, 0.25) is 0 Å². The lowest BCUT2D eigenvalue weighted by Crippen LogP contribution is -2.19. The molecule has 8 nitrogen and oxygen atoms in total. The van der Waals surface area contributed by atoms with Crippen LogP contribution in [-0.4, -0.2) is 40.0 Å². The van der Waals surface area contributed by atoms with Gasteiger partial charge in [-0.3, -0.25) is 15.0 Å². The topological polar surface area (TPSA) is 114 Å². The van der Waals surface area contributed by atoms with Gasteiger partial charge < -0.3 is 19.9 Å². The Balaban J connectivity index is 1.42. The van der Waals surface area contributed by atoms with E-state index in [2.05, 4.69) is 106 Å². The molecule has 51 heavy (non-hydrogen) atoms. The van der Waals surface area contributed by atoms with Gasteiger partial charge in [-0.05, 0) is 132 Å². The molecule has 0 unspecified atom stereocenters. The maximum Gasteiger partial charge on any atom is 0.0739 e. The summed E-state index contributed by atoms with van der Waals surface area (Å²) in [7, 11) is 0. The Morgan fingerprint density at radius 3 is 1.00 bits per heavy atom. The van der Waals surface area contributed by atoms with Crippen LogP contribution >= 0.6 is 12.2 Å². The van der Waals surface area contributed by atoms with Crippen molar-refractivity contribution >= 4 is 45.4 Å². The molecule has 1 aromatic carbocycles. The molecular weight excluding hydrogens is 649 g/mol. The van der Waals surface area contributed by atoms with Gasteiger partial charge in [0.1, 0.15) is 0 Å². The summed E-state index contributed by atoms with van der Waals surface area (Å²) in [5.74, 6) is 0. The molecule has 4 N–H and O–H groups in total. The Hall–Kier alpha value is -6.93. The van der Waals surface area contributed by atoms with Crippen molar-refractivity contribution in [3.8, 4) is 0 Å². The van der Waals surface area contributed by atoms with E-state index >= 15 is 0 Å². The fourth-order valence-electron chi connectivity index (χ4n) is 6.88. The highest BCUT2D eigenvalue weighted by atomic mass is 32.1. The van der Waals surface area contributed by atoms with Crippen molar-refractivity contribution in [3.63, 3.8) is 0 Å². The molecule has 8 aromatic rings. The summed E-state index contributed by atoms with van der Waals surface area (Å²) in [4.78, 5) is 32.3. The number of nitrogens with one attached hydrogen (secondary N) is 4. The zero-order chi connectivity index (χ0) is 34.1. The van der Waals surface area contributed by atoms with Gasteiger partial charge in [-0.25, -0.2) is 0 Å². The normalized spacial score (nSPS) is 12.5. The summed E-state index contributed by atoms with van der Waals surface area (Å²) in [5, 5.41) is 6.31. The first-order chi connectivity index (χ1) is 25.2. The maximum atomic E-state index is 4.86. The van der Waals surface area contributed by atoms with Crippen LogP contribution in [0.1, 0.15) is 45.0 Å². The fraction of sp³-hybridized carbons (Fsp3) is 0. The Kier molecular flexibility index (Phi) is 7.59. The van der Waals surface area contributed by atoms with Crippen molar-refractivity contribution in [3.05, 3.63) is 213 Å². The number of aromatic amines is 4. The number of aliphatic imine (C=N–C) groups is 1. The van der Waals surface area contributed by atoms with Crippen LogP contribution in [0.5, 0.6) is 0 Å². The number of rotatable bonds is 5. The molecule has 0 atom stereocenters. The predicted octanol–water partition coefficient (Wildman–Crippen LogP) is 5.22. The number of hydrogen-bond donors (Lipinski definition) is 4. The molecule has 242 valence electrons. The highest BCUT2D eigenvalue weighted by Crippen LogP contribution is 2.28. The van der Waals surface area contributed by atoms with Crippen molar-refractivity contribution in [2.45, 2.75) is 0 Å². The molecule has 9 heteroatoms. The minimum Gasteiger partial charge on any atom is -0.354 e. The average molecular weight is 677 g/mol. The number of pyridine rings is 3. The van der Waals surface area contributed by atoms with Crippen LogP contribution in [0, 0.1) is 0 Å². The van der Waals surface area contributed by atoms with E-state index in [9.17, 15) is 0 Å². The maximum absolute atomic E-state index is 4.86. The lowest BCUT2D eigenvalue weighted by molar-refractivity contribution is 1.18. The van der Waals surface area contributed by atoms with E-state index in [4.69, 9.17) is 12.2 Å². The van der Waals surface area contributed by atoms with Crippen LogP contribution in [0.4, 0.5) is 5.69 Å². The SMILES string of the molecule is S=C=Nc1ccc(C2=c3ccc([nH]3)=C(c3ccncc3)c3ccc([nH]3)C(c3ccncc3)=c3ccc([nH]3)=C(c3ccncc3)c3ccc2[nH]3)cc1. The Morgan fingerprint density at radius 2 is 0.686 bits per heavy atom. The number of aromatic nitrogens is 7. The van der Waals surface area contributed by atoms with Gasteiger partial charge in [-0.15, -0.1) is 0 Å². The van der Waals surface area contributed by atoms with Crippen LogP contribution in [0.15, 0.2) is 151 Å². The first kappa shape index (κ1) is 30.2. The number of benzene rings is 1. The van der Waals surface area contributed by atoms with Gasteiger partial charge >= 0.3 is 0 Å². The second-order valence-corrected chi connectivity index (χ2v) is 12.3. The molecule has 1 aliphatic heterocycles. The number of isothiocyanates is 1. The second-order valence-electron chi connectivity index (χ2n) is 12.1. The molecule has 8 bridgehead atoms. The van der Waals surface area contributed by atoms with E-state index in [1.807, 2.05) is 85.7 Å². The first-order valence-corrected chi connectivity index (χ1v) is 16.8. The van der Waals surface area contributed by atoms with Gasteiger partial charge in [0.2, 0.25) is 0 Å². The lowest BCUT2D eigenvalue weighted by Gasteiger charge is -2.09. The molecule has 0 fully saturated rings. The molecule has 9 rings (SSSR count). The molecule has 0 amide bonds. The second kappa shape index (κ2) is 12.8. The average Bonchev–Trinajstić information content (AvgIpc) is 4.02. The van der Waals surface area contributed by atoms with E-state index in [1.54, 1.807) is 0 Å².